The van der Waals surface area contributed by atoms with Crippen molar-refractivity contribution in [1.29, 1.82) is 0 Å². The minimum atomic E-state index is -4.56. The zero-order chi connectivity index (χ0) is 30.9. The first kappa shape index (κ1) is 33.5. The number of hydrogen-bond acceptors (Lipinski definition) is 9. The van der Waals surface area contributed by atoms with Crippen molar-refractivity contribution in [2.24, 2.45) is 5.92 Å². The van der Waals surface area contributed by atoms with Crippen molar-refractivity contribution in [3.05, 3.63) is 23.9 Å². The van der Waals surface area contributed by atoms with Gasteiger partial charge >= 0.3 is 6.18 Å². The Balaban J connectivity index is 1.80. The summed E-state index contributed by atoms with van der Waals surface area (Å²) in [6.07, 6.45) is -4.77. The van der Waals surface area contributed by atoms with Crippen molar-refractivity contribution in [2.45, 2.75) is 74.0 Å². The molecule has 2 aromatic rings. The number of carbonyl (C=O) groups excluding carboxylic acids is 2. The Morgan fingerprint density at radius 3 is 2.52 bits per heavy atom. The molecular weight excluding hydrogens is 613 g/mol. The average Bonchev–Trinajstić information content (AvgIpc) is 3.39. The largest absolute Gasteiger partial charge is 0.492 e. The van der Waals surface area contributed by atoms with Crippen LogP contribution in [0.2, 0.25) is 0 Å². The number of nitrogens with one attached hydrogen (secondary N) is 3. The summed E-state index contributed by atoms with van der Waals surface area (Å²) in [7, 11) is -4.38. The lowest BCUT2D eigenvalue weighted by Gasteiger charge is -2.30. The molecule has 1 aromatic carbocycles. The highest BCUT2D eigenvalue weighted by molar-refractivity contribution is 7.99. The summed E-state index contributed by atoms with van der Waals surface area (Å²) in [5.74, 6) is -2.62. The van der Waals surface area contributed by atoms with Gasteiger partial charge in [-0.15, -0.1) is 0 Å². The van der Waals surface area contributed by atoms with Gasteiger partial charge in [0, 0.05) is 18.3 Å². The summed E-state index contributed by atoms with van der Waals surface area (Å²) in [5.41, 5.74) is -0.246. The van der Waals surface area contributed by atoms with Gasteiger partial charge in [0.15, 0.2) is 5.03 Å². The average molecular weight is 644 g/mol. The number of rotatable bonds is 14. The lowest BCUT2D eigenvalue weighted by Crippen LogP contribution is -2.49. The van der Waals surface area contributed by atoms with Crippen molar-refractivity contribution < 1.29 is 49.3 Å². The number of benzene rings is 1. The molecule has 1 aromatic heterocycles. The molecule has 0 aliphatic heterocycles. The van der Waals surface area contributed by atoms with E-state index >= 15 is 0 Å². The fraction of sp³-hybridized carbons (Fsp3) is 0.583. The lowest BCUT2D eigenvalue weighted by atomic mass is 9.83. The molecule has 1 heterocycles. The van der Waals surface area contributed by atoms with Gasteiger partial charge in [-0.3, -0.25) is 9.59 Å². The van der Waals surface area contributed by atoms with E-state index in [1.807, 2.05) is 4.72 Å². The van der Waals surface area contributed by atoms with Crippen LogP contribution in [0.15, 0.2) is 32.7 Å². The van der Waals surface area contributed by atoms with Gasteiger partial charge < -0.3 is 15.4 Å². The van der Waals surface area contributed by atoms with E-state index in [0.29, 0.717) is 24.6 Å². The molecule has 1 saturated carbocycles. The number of ether oxygens (including phenoxy) is 1. The quantitative estimate of drug-likeness (QED) is 0.201. The van der Waals surface area contributed by atoms with Crippen molar-refractivity contribution in [3.63, 3.8) is 0 Å². The van der Waals surface area contributed by atoms with Gasteiger partial charge in [0.25, 0.3) is 5.91 Å². The molecule has 0 spiro atoms. The second kappa shape index (κ2) is 15.0. The number of nitrogens with zero attached hydrogens (tertiary/aromatic N) is 2. The number of sulfonamides is 1. The second-order valence-corrected chi connectivity index (χ2v) is 12.1. The fourth-order valence-corrected chi connectivity index (χ4v) is 6.12. The minimum Gasteiger partial charge on any atom is -0.492 e. The van der Waals surface area contributed by atoms with Gasteiger partial charge in [-0.2, -0.15) is 13.2 Å². The number of amides is 2. The Labute approximate surface area is 242 Å². The monoisotopic (exact) mass is 643 g/mol. The van der Waals surface area contributed by atoms with Crippen LogP contribution in [0.5, 0.6) is 5.75 Å². The van der Waals surface area contributed by atoms with Crippen LogP contribution in [0.3, 0.4) is 0 Å². The van der Waals surface area contributed by atoms with Crippen molar-refractivity contribution in [3.8, 4) is 5.75 Å². The Morgan fingerprint density at radius 1 is 1.17 bits per heavy atom. The molecule has 42 heavy (non-hydrogen) atoms. The van der Waals surface area contributed by atoms with Crippen LogP contribution in [-0.4, -0.2) is 68.1 Å². The van der Waals surface area contributed by atoms with Crippen LogP contribution in [0.1, 0.15) is 55.9 Å². The number of halogens is 5. The third kappa shape index (κ3) is 9.79. The maximum absolute atomic E-state index is 13.4. The molecular formula is C24H30F5N5O6S2. The molecule has 0 radical (unpaired) electrons. The van der Waals surface area contributed by atoms with E-state index < -0.39 is 64.1 Å². The Morgan fingerprint density at radius 2 is 1.88 bits per heavy atom. The van der Waals surface area contributed by atoms with E-state index in [0.717, 1.165) is 25.3 Å². The summed E-state index contributed by atoms with van der Waals surface area (Å²) >= 11 is 0.577. The first-order valence-electron chi connectivity index (χ1n) is 13.0. The number of carbonyl (C=O) groups is 2. The number of aromatic nitrogens is 2. The van der Waals surface area contributed by atoms with Gasteiger partial charge in [0.1, 0.15) is 16.7 Å². The van der Waals surface area contributed by atoms with Crippen LogP contribution >= 0.6 is 11.8 Å². The molecule has 0 saturated heterocycles. The topological polar surface area (TPSA) is 153 Å². The van der Waals surface area contributed by atoms with E-state index in [1.165, 1.54) is 12.1 Å². The first-order valence-corrected chi connectivity index (χ1v) is 15.5. The molecule has 1 atom stereocenters. The van der Waals surface area contributed by atoms with Gasteiger partial charge in [0.05, 0.1) is 18.8 Å². The number of alkyl halides is 5. The highest BCUT2D eigenvalue weighted by Crippen LogP contribution is 2.31. The minimum absolute atomic E-state index is 0.0147. The van der Waals surface area contributed by atoms with Gasteiger partial charge in [0.2, 0.25) is 28.0 Å². The molecule has 234 valence electrons. The summed E-state index contributed by atoms with van der Waals surface area (Å²) in [5, 5.41) is 12.1. The standard InChI is InChI=1S/C24H30F5N5O6S2/c1-2-39-16-12-15(8-9-17(16)42(37,38)30-11-10-24(27,28)29)31-21(35)19(14-6-4-3-5-7-14)32-22(36)20-23(34-40-33-20)41-13-18(25)26/h8-9,12,14,18-19,30H,2-7,10-11,13H2,1H3,(H,31,35)(H,32,36)/t19-/m0/s1. The molecule has 0 bridgehead atoms. The summed E-state index contributed by atoms with van der Waals surface area (Å²) in [6.45, 7) is 0.711. The molecule has 1 fully saturated rings. The number of thioether (sulfide) groups is 1. The van der Waals surface area contributed by atoms with E-state index in [1.54, 1.807) is 6.92 Å². The van der Waals surface area contributed by atoms with Gasteiger partial charge in [-0.05, 0) is 48.1 Å². The smallest absolute Gasteiger partial charge is 0.390 e. The SMILES string of the molecule is CCOc1cc(NC(=O)[C@@H](NC(=O)c2nonc2SCC(F)F)C2CCCCC2)ccc1S(=O)(=O)NCCC(F)(F)F. The van der Waals surface area contributed by atoms with E-state index in [2.05, 4.69) is 25.6 Å². The molecule has 1 aliphatic rings. The molecule has 3 rings (SSSR count). The van der Waals surface area contributed by atoms with Crippen LogP contribution in [0.25, 0.3) is 0 Å². The van der Waals surface area contributed by atoms with Crippen molar-refractivity contribution in [1.82, 2.24) is 20.4 Å². The maximum Gasteiger partial charge on any atom is 0.390 e. The third-order valence-corrected chi connectivity index (χ3v) is 8.67. The number of hydrogen-bond donors (Lipinski definition) is 3. The van der Waals surface area contributed by atoms with Crippen molar-refractivity contribution >= 4 is 39.3 Å². The molecule has 3 N–H and O–H groups in total. The van der Waals surface area contributed by atoms with E-state index in [-0.39, 0.29) is 34.7 Å². The zero-order valence-corrected chi connectivity index (χ0v) is 24.0. The first-order chi connectivity index (χ1) is 19.8. The number of anilines is 1. The Hall–Kier alpha value is -2.99. The lowest BCUT2D eigenvalue weighted by molar-refractivity contribution is -0.132. The highest BCUT2D eigenvalue weighted by Gasteiger charge is 2.34. The van der Waals surface area contributed by atoms with Crippen LogP contribution in [0, 0.1) is 5.92 Å². The van der Waals surface area contributed by atoms with Crippen molar-refractivity contribution in [2.75, 3.05) is 24.2 Å². The maximum atomic E-state index is 13.4. The van der Waals surface area contributed by atoms with Gasteiger partial charge in [-0.25, -0.2) is 26.5 Å². The van der Waals surface area contributed by atoms with Gasteiger partial charge in [-0.1, -0.05) is 31.0 Å². The second-order valence-electron chi connectivity index (χ2n) is 9.32. The van der Waals surface area contributed by atoms with Crippen LogP contribution in [-0.2, 0) is 14.8 Å². The molecule has 18 heteroatoms. The summed E-state index contributed by atoms with van der Waals surface area (Å²) in [6, 6.07) is 2.45. The predicted octanol–water partition coefficient (Wildman–Crippen LogP) is 4.37. The normalized spacial score (nSPS) is 15.4. The zero-order valence-electron chi connectivity index (χ0n) is 22.4. The third-order valence-electron chi connectivity index (χ3n) is 6.21. The summed E-state index contributed by atoms with van der Waals surface area (Å²) in [4.78, 5) is 26.0. The highest BCUT2D eigenvalue weighted by atomic mass is 32.2. The Bertz CT molecular complexity index is 1320. The summed E-state index contributed by atoms with van der Waals surface area (Å²) < 4.78 is 99.9. The van der Waals surface area contributed by atoms with Crippen LogP contribution in [0.4, 0.5) is 27.6 Å². The predicted molar refractivity (Wildman–Crippen MR) is 141 cm³/mol. The van der Waals surface area contributed by atoms with E-state index in [4.69, 9.17) is 4.74 Å². The molecule has 0 unspecified atom stereocenters. The van der Waals surface area contributed by atoms with E-state index in [9.17, 15) is 40.0 Å². The molecule has 11 nitrogen and oxygen atoms in total. The van der Waals surface area contributed by atoms with Crippen LogP contribution < -0.4 is 20.1 Å². The Kier molecular flexibility index (Phi) is 11.9. The molecule has 2 amide bonds. The fourth-order valence-electron chi connectivity index (χ4n) is 4.33. The molecule has 1 aliphatic carbocycles.